The zero-order valence-corrected chi connectivity index (χ0v) is 16.0. The van der Waals surface area contributed by atoms with Crippen LogP contribution in [0.1, 0.15) is 16.1 Å². The van der Waals surface area contributed by atoms with Crippen LogP contribution in [0, 0.1) is 0 Å². The molecule has 5 rings (SSSR count). The average Bonchev–Trinajstić information content (AvgIpc) is 3.38. The fraction of sp³-hybridized carbons (Fsp3) is 0. The lowest BCUT2D eigenvalue weighted by Gasteiger charge is -2.12. The minimum atomic E-state index is -3.98. The predicted molar refractivity (Wildman–Crippen MR) is 110 cm³/mol. The molecule has 0 fully saturated rings. The van der Waals surface area contributed by atoms with Gasteiger partial charge in [-0.15, -0.1) is 0 Å². The number of para-hydroxylation sites is 1. The molecule has 0 aliphatic rings. The van der Waals surface area contributed by atoms with Gasteiger partial charge in [0.1, 0.15) is 11.3 Å². The highest BCUT2D eigenvalue weighted by atomic mass is 32.2. The van der Waals surface area contributed by atoms with Gasteiger partial charge in [-0.3, -0.25) is 4.79 Å². The molecule has 0 spiro atoms. The van der Waals surface area contributed by atoms with Gasteiger partial charge in [-0.2, -0.15) is 0 Å². The molecule has 5 aromatic rings. The van der Waals surface area contributed by atoms with Gasteiger partial charge in [0.2, 0.25) is 5.78 Å². The van der Waals surface area contributed by atoms with Crippen molar-refractivity contribution < 1.29 is 13.2 Å². The van der Waals surface area contributed by atoms with Gasteiger partial charge in [0.05, 0.1) is 16.0 Å². The first-order valence-electron chi connectivity index (χ1n) is 8.95. The SMILES string of the molecule is O=C(c1cccn2ccnc12)c1cc2ccccc2n1S(=O)(=O)c1ccccc1. The maximum atomic E-state index is 13.5. The molecule has 2 aromatic carbocycles. The fourth-order valence-corrected chi connectivity index (χ4v) is 5.04. The van der Waals surface area contributed by atoms with Crippen molar-refractivity contribution in [2.45, 2.75) is 4.90 Å². The molecule has 0 bridgehead atoms. The number of nitrogens with zero attached hydrogens (tertiary/aromatic N) is 3. The van der Waals surface area contributed by atoms with E-state index in [1.165, 1.54) is 12.1 Å². The number of benzene rings is 2. The van der Waals surface area contributed by atoms with Crippen LogP contribution in [0.25, 0.3) is 16.6 Å². The van der Waals surface area contributed by atoms with Crippen molar-refractivity contribution in [2.75, 3.05) is 0 Å². The zero-order chi connectivity index (χ0) is 20.0. The standard InChI is InChI=1S/C22H15N3O3S/c26-21(18-10-6-13-24-14-12-23-22(18)24)20-15-16-7-4-5-11-19(16)25(20)29(27,28)17-8-2-1-3-9-17/h1-15H. The lowest BCUT2D eigenvalue weighted by molar-refractivity contribution is 0.103. The highest BCUT2D eigenvalue weighted by molar-refractivity contribution is 7.90. The van der Waals surface area contributed by atoms with E-state index in [0.717, 1.165) is 3.97 Å². The summed E-state index contributed by atoms with van der Waals surface area (Å²) in [4.78, 5) is 17.9. The van der Waals surface area contributed by atoms with Gasteiger partial charge in [0.25, 0.3) is 10.0 Å². The van der Waals surface area contributed by atoms with Crippen molar-refractivity contribution in [3.63, 3.8) is 0 Å². The summed E-state index contributed by atoms with van der Waals surface area (Å²) in [6, 6.07) is 20.2. The van der Waals surface area contributed by atoms with E-state index in [-0.39, 0.29) is 10.6 Å². The van der Waals surface area contributed by atoms with E-state index in [0.29, 0.717) is 22.1 Å². The highest BCUT2D eigenvalue weighted by Crippen LogP contribution is 2.28. The fourth-order valence-electron chi connectivity index (χ4n) is 3.51. The van der Waals surface area contributed by atoms with Gasteiger partial charge >= 0.3 is 0 Å². The molecule has 7 heteroatoms. The van der Waals surface area contributed by atoms with Gasteiger partial charge in [0.15, 0.2) is 0 Å². The Bertz CT molecular complexity index is 1480. The topological polar surface area (TPSA) is 73.4 Å². The molecule has 0 amide bonds. The first-order chi connectivity index (χ1) is 14.1. The van der Waals surface area contributed by atoms with Crippen molar-refractivity contribution in [1.29, 1.82) is 0 Å². The largest absolute Gasteiger partial charge is 0.307 e. The average molecular weight is 401 g/mol. The second-order valence-corrected chi connectivity index (χ2v) is 8.37. The second kappa shape index (κ2) is 6.42. The van der Waals surface area contributed by atoms with Crippen molar-refractivity contribution in [3.05, 3.63) is 103 Å². The van der Waals surface area contributed by atoms with Crippen LogP contribution >= 0.6 is 0 Å². The van der Waals surface area contributed by atoms with Crippen LogP contribution in [-0.2, 0) is 10.0 Å². The zero-order valence-electron chi connectivity index (χ0n) is 15.1. The second-order valence-electron chi connectivity index (χ2n) is 6.58. The van der Waals surface area contributed by atoms with Crippen molar-refractivity contribution in [3.8, 4) is 0 Å². The van der Waals surface area contributed by atoms with E-state index in [2.05, 4.69) is 4.98 Å². The monoisotopic (exact) mass is 401 g/mol. The van der Waals surface area contributed by atoms with Crippen molar-refractivity contribution >= 4 is 32.4 Å². The number of aromatic nitrogens is 3. The first-order valence-corrected chi connectivity index (χ1v) is 10.4. The summed E-state index contributed by atoms with van der Waals surface area (Å²) in [5, 5.41) is 0.672. The molecule has 0 N–H and O–H groups in total. The molecule has 3 heterocycles. The summed E-state index contributed by atoms with van der Waals surface area (Å²) in [6.45, 7) is 0. The number of carbonyl (C=O) groups is 1. The Morgan fingerprint density at radius 1 is 0.862 bits per heavy atom. The highest BCUT2D eigenvalue weighted by Gasteiger charge is 2.27. The Morgan fingerprint density at radius 3 is 2.45 bits per heavy atom. The maximum Gasteiger partial charge on any atom is 0.268 e. The van der Waals surface area contributed by atoms with Crippen LogP contribution in [0.2, 0.25) is 0 Å². The Morgan fingerprint density at radius 2 is 1.62 bits per heavy atom. The molecule has 0 saturated carbocycles. The molecule has 0 unspecified atom stereocenters. The van der Waals surface area contributed by atoms with E-state index in [1.807, 2.05) is 6.07 Å². The Labute approximate surface area is 166 Å². The molecular weight excluding hydrogens is 386 g/mol. The van der Waals surface area contributed by atoms with Gasteiger partial charge in [-0.05, 0) is 36.4 Å². The Hall–Kier alpha value is -3.71. The molecule has 0 saturated heterocycles. The van der Waals surface area contributed by atoms with E-state index >= 15 is 0 Å². The molecule has 142 valence electrons. The summed E-state index contributed by atoms with van der Waals surface area (Å²) < 4.78 is 29.8. The summed E-state index contributed by atoms with van der Waals surface area (Å²) in [5.41, 5.74) is 1.34. The van der Waals surface area contributed by atoms with Crippen molar-refractivity contribution in [2.24, 2.45) is 0 Å². The smallest absolute Gasteiger partial charge is 0.268 e. The van der Waals surface area contributed by atoms with Gasteiger partial charge in [-0.25, -0.2) is 17.4 Å². The van der Waals surface area contributed by atoms with Crippen LogP contribution in [0.5, 0.6) is 0 Å². The normalized spacial score (nSPS) is 11.9. The quantitative estimate of drug-likeness (QED) is 0.430. The molecule has 0 aliphatic carbocycles. The summed E-state index contributed by atoms with van der Waals surface area (Å²) in [6.07, 6.45) is 5.13. The van der Waals surface area contributed by atoms with Crippen molar-refractivity contribution in [1.82, 2.24) is 13.4 Å². The lowest BCUT2D eigenvalue weighted by atomic mass is 10.1. The maximum absolute atomic E-state index is 13.5. The molecule has 3 aromatic heterocycles. The number of fused-ring (bicyclic) bond motifs is 2. The number of hydrogen-bond acceptors (Lipinski definition) is 4. The van der Waals surface area contributed by atoms with Crippen LogP contribution in [0.15, 0.2) is 96.3 Å². The third kappa shape index (κ3) is 2.67. The molecule has 29 heavy (non-hydrogen) atoms. The van der Waals surface area contributed by atoms with Crippen LogP contribution in [0.3, 0.4) is 0 Å². The van der Waals surface area contributed by atoms with E-state index < -0.39 is 15.8 Å². The van der Waals surface area contributed by atoms with E-state index in [4.69, 9.17) is 0 Å². The first kappa shape index (κ1) is 17.4. The third-order valence-electron chi connectivity index (χ3n) is 4.84. The predicted octanol–water partition coefficient (Wildman–Crippen LogP) is 3.76. The molecule has 0 aliphatic heterocycles. The summed E-state index contributed by atoms with van der Waals surface area (Å²) >= 11 is 0. The molecule has 6 nitrogen and oxygen atoms in total. The number of imidazole rings is 1. The summed E-state index contributed by atoms with van der Waals surface area (Å²) in [7, 11) is -3.98. The van der Waals surface area contributed by atoms with Gasteiger partial charge in [-0.1, -0.05) is 36.4 Å². The number of ketones is 1. The summed E-state index contributed by atoms with van der Waals surface area (Å²) in [5.74, 6) is -0.405. The molecular formula is C22H15N3O3S. The van der Waals surface area contributed by atoms with E-state index in [9.17, 15) is 13.2 Å². The lowest BCUT2D eigenvalue weighted by Crippen LogP contribution is -2.19. The Kier molecular flexibility index (Phi) is 3.85. The number of rotatable bonds is 4. The minimum absolute atomic E-state index is 0.0751. The minimum Gasteiger partial charge on any atom is -0.307 e. The molecule has 0 atom stereocenters. The number of pyridine rings is 1. The van der Waals surface area contributed by atoms with Crippen LogP contribution in [0.4, 0.5) is 0 Å². The number of hydrogen-bond donors (Lipinski definition) is 0. The van der Waals surface area contributed by atoms with Gasteiger partial charge in [0, 0.05) is 24.0 Å². The third-order valence-corrected chi connectivity index (χ3v) is 6.59. The van der Waals surface area contributed by atoms with E-state index in [1.54, 1.807) is 77.6 Å². The van der Waals surface area contributed by atoms with Crippen LogP contribution in [-0.4, -0.2) is 27.6 Å². The van der Waals surface area contributed by atoms with Crippen LogP contribution < -0.4 is 0 Å². The Balaban J connectivity index is 1.81. The number of carbonyl (C=O) groups excluding carboxylic acids is 1. The van der Waals surface area contributed by atoms with Gasteiger partial charge < -0.3 is 4.40 Å². The molecule has 0 radical (unpaired) electrons.